The number of sulfone groups is 1. The zero-order valence-electron chi connectivity index (χ0n) is 11.6. The van der Waals surface area contributed by atoms with Crippen molar-refractivity contribution in [2.75, 3.05) is 13.3 Å². The van der Waals surface area contributed by atoms with E-state index in [1.54, 1.807) is 25.2 Å². The van der Waals surface area contributed by atoms with Crippen molar-refractivity contribution in [3.8, 4) is 0 Å². The van der Waals surface area contributed by atoms with E-state index in [9.17, 15) is 12.8 Å². The van der Waals surface area contributed by atoms with Gasteiger partial charge in [-0.05, 0) is 48.5 Å². The molecule has 0 radical (unpaired) electrons. The van der Waals surface area contributed by atoms with Gasteiger partial charge < -0.3 is 5.32 Å². The van der Waals surface area contributed by atoms with Crippen LogP contribution in [0, 0.1) is 5.82 Å². The average molecular weight is 328 g/mol. The number of hydrogen-bond acceptors (Lipinski definition) is 3. The van der Waals surface area contributed by atoms with Gasteiger partial charge in [0.05, 0.1) is 10.9 Å². The smallest absolute Gasteiger partial charge is 0.175 e. The Kier molecular flexibility index (Phi) is 4.66. The molecule has 1 atom stereocenters. The molecule has 0 spiro atoms. The van der Waals surface area contributed by atoms with Gasteiger partial charge in [0.15, 0.2) is 9.84 Å². The summed E-state index contributed by atoms with van der Waals surface area (Å²) in [6, 6.07) is 10.2. The Hall–Kier alpha value is -1.43. The molecule has 21 heavy (non-hydrogen) atoms. The molecular weight excluding hydrogens is 313 g/mol. The predicted octanol–water partition coefficient (Wildman–Crippen LogP) is 3.19. The second-order valence-corrected chi connectivity index (χ2v) is 7.16. The van der Waals surface area contributed by atoms with Crippen LogP contribution in [0.15, 0.2) is 47.4 Å². The first-order valence-electron chi connectivity index (χ1n) is 6.25. The molecule has 0 bridgehead atoms. The monoisotopic (exact) mass is 327 g/mol. The minimum atomic E-state index is -3.30. The molecule has 0 aliphatic carbocycles. The minimum absolute atomic E-state index is 0.216. The van der Waals surface area contributed by atoms with Crippen LogP contribution in [0.4, 0.5) is 4.39 Å². The lowest BCUT2D eigenvalue weighted by Gasteiger charge is -2.19. The number of rotatable bonds is 4. The Morgan fingerprint density at radius 3 is 2.52 bits per heavy atom. The third-order valence-electron chi connectivity index (χ3n) is 3.18. The van der Waals surface area contributed by atoms with Crippen LogP contribution in [-0.4, -0.2) is 21.7 Å². The molecule has 0 heterocycles. The maximum absolute atomic E-state index is 13.4. The van der Waals surface area contributed by atoms with Crippen LogP contribution in [0.25, 0.3) is 0 Å². The molecule has 0 aromatic heterocycles. The zero-order valence-corrected chi connectivity index (χ0v) is 13.2. The molecule has 0 aliphatic rings. The fourth-order valence-corrected chi connectivity index (χ4v) is 3.06. The molecule has 3 nitrogen and oxygen atoms in total. The van der Waals surface area contributed by atoms with Gasteiger partial charge in [-0.1, -0.05) is 23.7 Å². The Bertz CT molecular complexity index is 762. The standard InChI is InChI=1S/C15H15ClFNO2S/c1-18-15(13-9-11(17)6-7-14(13)16)10-4-3-5-12(8-10)21(2,19)20/h3-9,15,18H,1-2H3. The summed E-state index contributed by atoms with van der Waals surface area (Å²) >= 11 is 6.12. The van der Waals surface area contributed by atoms with Crippen LogP contribution in [0.3, 0.4) is 0 Å². The van der Waals surface area contributed by atoms with Crippen LogP contribution < -0.4 is 5.32 Å². The van der Waals surface area contributed by atoms with E-state index in [2.05, 4.69) is 5.32 Å². The van der Waals surface area contributed by atoms with Crippen molar-refractivity contribution in [3.63, 3.8) is 0 Å². The van der Waals surface area contributed by atoms with E-state index in [-0.39, 0.29) is 4.90 Å². The van der Waals surface area contributed by atoms with E-state index in [1.807, 2.05) is 0 Å². The van der Waals surface area contributed by atoms with Crippen LogP contribution in [0.2, 0.25) is 5.02 Å². The fourth-order valence-electron chi connectivity index (χ4n) is 2.16. The van der Waals surface area contributed by atoms with Gasteiger partial charge in [-0.3, -0.25) is 0 Å². The summed E-state index contributed by atoms with van der Waals surface area (Å²) in [5, 5.41) is 3.45. The third kappa shape index (κ3) is 3.61. The normalized spacial score (nSPS) is 13.1. The minimum Gasteiger partial charge on any atom is -0.309 e. The van der Waals surface area contributed by atoms with Crippen molar-refractivity contribution in [3.05, 3.63) is 64.4 Å². The molecule has 0 amide bonds. The highest BCUT2D eigenvalue weighted by Gasteiger charge is 2.18. The summed E-state index contributed by atoms with van der Waals surface area (Å²) in [7, 11) is -1.60. The van der Waals surface area contributed by atoms with E-state index >= 15 is 0 Å². The summed E-state index contributed by atoms with van der Waals surface area (Å²) in [6.45, 7) is 0. The Labute approximate surface area is 128 Å². The predicted molar refractivity (Wildman–Crippen MR) is 81.9 cm³/mol. The number of hydrogen-bond donors (Lipinski definition) is 1. The molecule has 0 aliphatic heterocycles. The molecule has 2 aromatic carbocycles. The maximum Gasteiger partial charge on any atom is 0.175 e. The van der Waals surface area contributed by atoms with Gasteiger partial charge >= 0.3 is 0 Å². The topological polar surface area (TPSA) is 46.2 Å². The number of benzene rings is 2. The van der Waals surface area contributed by atoms with Crippen LogP contribution in [-0.2, 0) is 9.84 Å². The highest BCUT2D eigenvalue weighted by Crippen LogP contribution is 2.29. The molecule has 0 saturated heterocycles. The zero-order chi connectivity index (χ0) is 15.6. The number of nitrogens with one attached hydrogen (secondary N) is 1. The first-order chi connectivity index (χ1) is 9.82. The van der Waals surface area contributed by atoms with Gasteiger partial charge in [-0.15, -0.1) is 0 Å². The van der Waals surface area contributed by atoms with E-state index in [0.717, 1.165) is 6.26 Å². The van der Waals surface area contributed by atoms with Crippen molar-refractivity contribution in [1.29, 1.82) is 0 Å². The Morgan fingerprint density at radius 2 is 1.90 bits per heavy atom. The van der Waals surface area contributed by atoms with Crippen molar-refractivity contribution < 1.29 is 12.8 Å². The highest BCUT2D eigenvalue weighted by atomic mass is 35.5. The molecule has 2 rings (SSSR count). The summed E-state index contributed by atoms with van der Waals surface area (Å²) in [4.78, 5) is 0.216. The molecule has 1 unspecified atom stereocenters. The van der Waals surface area contributed by atoms with Gasteiger partial charge in [0.2, 0.25) is 0 Å². The first kappa shape index (κ1) is 15.9. The van der Waals surface area contributed by atoms with E-state index in [0.29, 0.717) is 16.1 Å². The van der Waals surface area contributed by atoms with E-state index in [1.165, 1.54) is 24.3 Å². The van der Waals surface area contributed by atoms with Gasteiger partial charge in [0.1, 0.15) is 5.82 Å². The van der Waals surface area contributed by atoms with E-state index < -0.39 is 21.7 Å². The average Bonchev–Trinajstić information content (AvgIpc) is 2.43. The SMILES string of the molecule is CNC(c1cccc(S(C)(=O)=O)c1)c1cc(F)ccc1Cl. The fraction of sp³-hybridized carbons (Fsp3) is 0.200. The second-order valence-electron chi connectivity index (χ2n) is 4.73. The molecule has 1 N–H and O–H groups in total. The van der Waals surface area contributed by atoms with Gasteiger partial charge in [0, 0.05) is 11.3 Å². The van der Waals surface area contributed by atoms with Crippen molar-refractivity contribution in [1.82, 2.24) is 5.32 Å². The van der Waals surface area contributed by atoms with Crippen molar-refractivity contribution in [2.45, 2.75) is 10.9 Å². The largest absolute Gasteiger partial charge is 0.309 e. The molecule has 112 valence electrons. The summed E-state index contributed by atoms with van der Waals surface area (Å²) in [5.74, 6) is -0.395. The lowest BCUT2D eigenvalue weighted by Crippen LogP contribution is -2.18. The Morgan fingerprint density at radius 1 is 1.19 bits per heavy atom. The van der Waals surface area contributed by atoms with Gasteiger partial charge in [-0.25, -0.2) is 12.8 Å². The molecule has 2 aromatic rings. The lowest BCUT2D eigenvalue weighted by atomic mass is 9.99. The highest BCUT2D eigenvalue weighted by molar-refractivity contribution is 7.90. The molecule has 0 fully saturated rings. The third-order valence-corrected chi connectivity index (χ3v) is 4.63. The second kappa shape index (κ2) is 6.13. The van der Waals surface area contributed by atoms with Gasteiger partial charge in [0.25, 0.3) is 0 Å². The number of halogens is 2. The van der Waals surface area contributed by atoms with E-state index in [4.69, 9.17) is 11.6 Å². The van der Waals surface area contributed by atoms with Crippen molar-refractivity contribution in [2.24, 2.45) is 0 Å². The Balaban J connectivity index is 2.54. The maximum atomic E-state index is 13.4. The van der Waals surface area contributed by atoms with Crippen LogP contribution in [0.1, 0.15) is 17.2 Å². The van der Waals surface area contributed by atoms with Gasteiger partial charge in [-0.2, -0.15) is 0 Å². The molecule has 6 heteroatoms. The molecule has 0 saturated carbocycles. The first-order valence-corrected chi connectivity index (χ1v) is 8.52. The summed E-state index contributed by atoms with van der Waals surface area (Å²) < 4.78 is 36.7. The van der Waals surface area contributed by atoms with Crippen molar-refractivity contribution >= 4 is 21.4 Å². The summed E-state index contributed by atoms with van der Waals surface area (Å²) in [5.41, 5.74) is 1.26. The molecular formula is C15H15ClFNO2S. The summed E-state index contributed by atoms with van der Waals surface area (Å²) in [6.07, 6.45) is 1.15. The lowest BCUT2D eigenvalue weighted by molar-refractivity contribution is 0.600. The van der Waals surface area contributed by atoms with Crippen LogP contribution in [0.5, 0.6) is 0 Å². The van der Waals surface area contributed by atoms with Crippen LogP contribution >= 0.6 is 11.6 Å². The quantitative estimate of drug-likeness (QED) is 0.938.